The predicted molar refractivity (Wildman–Crippen MR) is 196 cm³/mol. The summed E-state index contributed by atoms with van der Waals surface area (Å²) in [4.78, 5) is 43.9. The molecule has 2 aromatic carbocycles. The maximum absolute atomic E-state index is 12.0. The lowest BCUT2D eigenvalue weighted by Crippen LogP contribution is -2.47. The average molecular weight is 665 g/mol. The van der Waals surface area contributed by atoms with Gasteiger partial charge in [-0.1, -0.05) is 24.3 Å². The first-order valence-electron chi connectivity index (χ1n) is 17.1. The lowest BCUT2D eigenvalue weighted by atomic mass is 10.0. The van der Waals surface area contributed by atoms with Crippen molar-refractivity contribution in [2.45, 2.75) is 65.1 Å². The number of para-hydroxylation sites is 1. The van der Waals surface area contributed by atoms with E-state index in [0.717, 1.165) is 91.6 Å². The highest BCUT2D eigenvalue weighted by Crippen LogP contribution is 2.24. The predicted octanol–water partition coefficient (Wildman–Crippen LogP) is 4.47. The van der Waals surface area contributed by atoms with Gasteiger partial charge < -0.3 is 14.7 Å². The van der Waals surface area contributed by atoms with Crippen LogP contribution in [0.4, 0.5) is 11.9 Å². The molecule has 0 unspecified atom stereocenters. The Morgan fingerprint density at radius 2 is 1.43 bits per heavy atom. The molecule has 0 bridgehead atoms. The smallest absolute Gasteiger partial charge is 0.245 e. The van der Waals surface area contributed by atoms with Crippen LogP contribution in [0, 0.1) is 19.3 Å². The van der Waals surface area contributed by atoms with Gasteiger partial charge in [0.25, 0.3) is 0 Å². The summed E-state index contributed by atoms with van der Waals surface area (Å²) < 4.78 is 0. The van der Waals surface area contributed by atoms with Gasteiger partial charge in [-0.2, -0.15) is 4.99 Å². The molecule has 2 aliphatic heterocycles. The van der Waals surface area contributed by atoms with Crippen molar-refractivity contribution in [3.05, 3.63) is 59.4 Å². The zero-order valence-electron chi connectivity index (χ0n) is 29.5. The number of piperidine rings is 2. The van der Waals surface area contributed by atoms with Crippen LogP contribution in [0.1, 0.15) is 49.6 Å². The van der Waals surface area contributed by atoms with Gasteiger partial charge in [-0.3, -0.25) is 25.7 Å². The monoisotopic (exact) mass is 664 g/mol. The largest absolute Gasteiger partial charge is 0.343 e. The molecule has 13 nitrogen and oxygen atoms in total. The van der Waals surface area contributed by atoms with E-state index in [1.165, 1.54) is 12.5 Å². The fraction of sp³-hybridized carbons (Fsp3) is 0.472. The molecule has 0 atom stereocenters. The number of anilines is 2. The van der Waals surface area contributed by atoms with Crippen molar-refractivity contribution in [2.75, 3.05) is 58.0 Å². The van der Waals surface area contributed by atoms with Gasteiger partial charge in [0.05, 0.1) is 22.4 Å². The summed E-state index contributed by atoms with van der Waals surface area (Å²) in [6.07, 6.45) is 3.92. The lowest BCUT2D eigenvalue weighted by molar-refractivity contribution is -0.115. The Labute approximate surface area is 288 Å². The number of nitrogens with one attached hydrogen (secondary N) is 3. The molecule has 0 spiro atoms. The fourth-order valence-electron chi connectivity index (χ4n) is 6.87. The van der Waals surface area contributed by atoms with E-state index < -0.39 is 0 Å². The number of fused-ring (bicyclic) bond motifs is 2. The Hall–Kier alpha value is -4.75. The molecule has 6 rings (SSSR count). The highest BCUT2D eigenvalue weighted by molar-refractivity contribution is 6.00. The number of amides is 1. The van der Waals surface area contributed by atoms with E-state index in [0.29, 0.717) is 23.8 Å². The minimum Gasteiger partial charge on any atom is -0.343 e. The van der Waals surface area contributed by atoms with Crippen molar-refractivity contribution in [1.82, 2.24) is 39.5 Å². The summed E-state index contributed by atoms with van der Waals surface area (Å²) >= 11 is 0. The van der Waals surface area contributed by atoms with E-state index >= 15 is 0 Å². The molecule has 13 heteroatoms. The summed E-state index contributed by atoms with van der Waals surface area (Å²) in [5, 5.41) is 17.1. The zero-order valence-corrected chi connectivity index (χ0v) is 29.5. The second kappa shape index (κ2) is 14.8. The van der Waals surface area contributed by atoms with Crippen LogP contribution in [0.5, 0.6) is 0 Å². The van der Waals surface area contributed by atoms with E-state index in [-0.39, 0.29) is 18.0 Å². The molecule has 4 aromatic rings. The summed E-state index contributed by atoms with van der Waals surface area (Å²) in [5.74, 6) is 1.41. The number of hydrogen-bond acceptors (Lipinski definition) is 8. The first-order chi connectivity index (χ1) is 23.5. The van der Waals surface area contributed by atoms with E-state index in [9.17, 15) is 4.79 Å². The van der Waals surface area contributed by atoms with Crippen molar-refractivity contribution in [3.63, 3.8) is 0 Å². The Morgan fingerprint density at radius 3 is 2.12 bits per heavy atom. The van der Waals surface area contributed by atoms with Crippen LogP contribution < -0.4 is 10.6 Å². The summed E-state index contributed by atoms with van der Waals surface area (Å²) in [6, 6.07) is 14.9. The number of aromatic nitrogens is 4. The molecule has 0 radical (unpaired) electrons. The number of aryl methyl sites for hydroxylation is 2. The van der Waals surface area contributed by atoms with Gasteiger partial charge >= 0.3 is 0 Å². The van der Waals surface area contributed by atoms with Crippen molar-refractivity contribution in [3.8, 4) is 0 Å². The zero-order chi connectivity index (χ0) is 34.7. The number of guanidine groups is 2. The van der Waals surface area contributed by atoms with Crippen molar-refractivity contribution in [1.29, 1.82) is 5.41 Å². The minimum absolute atomic E-state index is 0.255. The van der Waals surface area contributed by atoms with Gasteiger partial charge in [0.2, 0.25) is 23.8 Å². The van der Waals surface area contributed by atoms with Gasteiger partial charge in [-0.15, -0.1) is 0 Å². The van der Waals surface area contributed by atoms with E-state index in [1.807, 2.05) is 57.1 Å². The maximum atomic E-state index is 12.0. The van der Waals surface area contributed by atoms with Gasteiger partial charge in [-0.25, -0.2) is 19.9 Å². The number of carbonyl (C=O) groups excluding carboxylic acids is 1. The number of benzene rings is 2. The molecule has 49 heavy (non-hydrogen) atoms. The molecule has 2 saturated heterocycles. The third kappa shape index (κ3) is 8.11. The Bertz CT molecular complexity index is 1860. The quantitative estimate of drug-likeness (QED) is 0.199. The number of nitrogens with zero attached hydrogens (tertiary/aromatic N) is 9. The SMILES string of the molecule is CC(=O)/N=C(\Nc1nc(C)c2cc(CN3CCC(N(C)C(=N)Nc4nc(C)c5ccccc5n4)CC3)ccc2n1)N(C)C1CCN(C)CC1. The molecule has 2 fully saturated rings. The molecule has 0 aliphatic carbocycles. The number of rotatable bonds is 6. The van der Waals surface area contributed by atoms with E-state index in [4.69, 9.17) is 15.4 Å². The van der Waals surface area contributed by atoms with Crippen LogP contribution in [-0.2, 0) is 11.3 Å². The van der Waals surface area contributed by atoms with E-state index in [2.05, 4.69) is 65.5 Å². The van der Waals surface area contributed by atoms with Crippen molar-refractivity contribution >= 4 is 51.5 Å². The van der Waals surface area contributed by atoms with Gasteiger partial charge in [0.15, 0.2) is 5.96 Å². The summed E-state index contributed by atoms with van der Waals surface area (Å²) in [6.45, 7) is 10.2. The second-order valence-electron chi connectivity index (χ2n) is 13.5. The second-order valence-corrected chi connectivity index (χ2v) is 13.5. The first-order valence-corrected chi connectivity index (χ1v) is 17.1. The molecule has 3 N–H and O–H groups in total. The first kappa shape index (κ1) is 34.1. The Balaban J connectivity index is 1.05. The lowest BCUT2D eigenvalue weighted by Gasteiger charge is -2.37. The third-order valence-electron chi connectivity index (χ3n) is 9.90. The Kier molecular flexibility index (Phi) is 10.3. The minimum atomic E-state index is -0.263. The molecule has 2 aromatic heterocycles. The highest BCUT2D eigenvalue weighted by atomic mass is 16.1. The molecule has 1 amide bonds. The number of hydrogen-bond donors (Lipinski definition) is 3. The molecule has 0 saturated carbocycles. The van der Waals surface area contributed by atoms with Crippen molar-refractivity contribution in [2.24, 2.45) is 4.99 Å². The van der Waals surface area contributed by atoms with Gasteiger partial charge in [0, 0.05) is 63.5 Å². The van der Waals surface area contributed by atoms with Crippen LogP contribution in [0.25, 0.3) is 21.8 Å². The van der Waals surface area contributed by atoms with Gasteiger partial charge in [0.1, 0.15) is 0 Å². The van der Waals surface area contributed by atoms with Crippen LogP contribution in [0.2, 0.25) is 0 Å². The standard InChI is InChI=1S/C36H48N12O/c1-23-29-9-7-8-10-31(29)41-34(38-23)43-33(37)46(5)27-15-19-48(20-16-27)22-26-11-12-32-30(21-26)24(2)39-35(42-32)44-36(40-25(3)49)47(6)28-13-17-45(4)18-14-28/h7-12,21,27-28H,13-20,22H2,1-6H3,(H2,37,38,41,43)(H,39,40,42,44,49). The highest BCUT2D eigenvalue weighted by Gasteiger charge is 2.26. The van der Waals surface area contributed by atoms with Crippen molar-refractivity contribution < 1.29 is 4.79 Å². The van der Waals surface area contributed by atoms with Crippen LogP contribution in [-0.4, -0.2) is 117 Å². The van der Waals surface area contributed by atoms with Gasteiger partial charge in [-0.05, 0) is 83.4 Å². The normalized spacial score (nSPS) is 17.0. The molecule has 2 aliphatic rings. The number of carbonyl (C=O) groups is 1. The number of likely N-dealkylation sites (tertiary alicyclic amines) is 2. The molecular formula is C36H48N12O. The fourth-order valence-corrected chi connectivity index (χ4v) is 6.87. The van der Waals surface area contributed by atoms with Crippen LogP contribution in [0.15, 0.2) is 47.5 Å². The number of aliphatic imine (C=N–C) groups is 1. The molecular weight excluding hydrogens is 616 g/mol. The van der Waals surface area contributed by atoms with Crippen LogP contribution in [0.3, 0.4) is 0 Å². The van der Waals surface area contributed by atoms with E-state index in [1.54, 1.807) is 0 Å². The molecule has 4 heterocycles. The summed E-state index contributed by atoms with van der Waals surface area (Å²) in [5.41, 5.74) is 4.69. The Morgan fingerprint density at radius 1 is 0.837 bits per heavy atom. The topological polar surface area (TPSA) is 142 Å². The molecule has 258 valence electrons. The van der Waals surface area contributed by atoms with Crippen LogP contribution >= 0.6 is 0 Å². The maximum Gasteiger partial charge on any atom is 0.245 e. The summed E-state index contributed by atoms with van der Waals surface area (Å²) in [7, 11) is 6.09. The average Bonchev–Trinajstić information content (AvgIpc) is 3.08. The third-order valence-corrected chi connectivity index (χ3v) is 9.90.